The van der Waals surface area contributed by atoms with E-state index in [-0.39, 0.29) is 25.4 Å². The SMILES string of the molecule is CCCN(CCN(CCN(CCNCC(=O)O)CC(=O)O)Cc1ccccc1O)CC(=O)O. The highest BCUT2D eigenvalue weighted by molar-refractivity contribution is 5.69. The lowest BCUT2D eigenvalue weighted by molar-refractivity contribution is -0.139. The summed E-state index contributed by atoms with van der Waals surface area (Å²) in [6, 6.07) is 6.98. The van der Waals surface area contributed by atoms with E-state index in [0.717, 1.165) is 12.0 Å². The molecule has 5 N–H and O–H groups in total. The van der Waals surface area contributed by atoms with E-state index in [1.165, 1.54) is 0 Å². The average molecular weight is 469 g/mol. The summed E-state index contributed by atoms with van der Waals surface area (Å²) in [7, 11) is 0. The third kappa shape index (κ3) is 13.4. The van der Waals surface area contributed by atoms with Crippen molar-refractivity contribution in [3.05, 3.63) is 29.8 Å². The van der Waals surface area contributed by atoms with Gasteiger partial charge < -0.3 is 25.7 Å². The third-order valence-electron chi connectivity index (χ3n) is 4.99. The summed E-state index contributed by atoms with van der Waals surface area (Å²) in [6.45, 7) is 5.30. The lowest BCUT2D eigenvalue weighted by atomic mass is 10.2. The van der Waals surface area contributed by atoms with Crippen LogP contribution in [0.5, 0.6) is 5.75 Å². The fourth-order valence-corrected chi connectivity index (χ4v) is 3.39. The number of carbonyl (C=O) groups is 3. The molecule has 0 radical (unpaired) electrons. The summed E-state index contributed by atoms with van der Waals surface area (Å²) in [5, 5.41) is 40.0. The van der Waals surface area contributed by atoms with E-state index in [1.54, 1.807) is 17.0 Å². The number of nitrogens with one attached hydrogen (secondary N) is 1. The molecule has 0 heterocycles. The third-order valence-corrected chi connectivity index (χ3v) is 4.99. The maximum absolute atomic E-state index is 11.3. The molecule has 11 nitrogen and oxygen atoms in total. The van der Waals surface area contributed by atoms with Gasteiger partial charge in [0.2, 0.25) is 0 Å². The van der Waals surface area contributed by atoms with Gasteiger partial charge in [-0.15, -0.1) is 0 Å². The number of hydrogen-bond donors (Lipinski definition) is 5. The molecule has 1 aromatic carbocycles. The molecule has 0 aliphatic carbocycles. The van der Waals surface area contributed by atoms with Gasteiger partial charge in [-0.3, -0.25) is 29.1 Å². The van der Waals surface area contributed by atoms with Gasteiger partial charge in [-0.2, -0.15) is 0 Å². The molecule has 0 saturated carbocycles. The quantitative estimate of drug-likeness (QED) is 0.175. The van der Waals surface area contributed by atoms with Crippen molar-refractivity contribution in [2.24, 2.45) is 0 Å². The van der Waals surface area contributed by atoms with Crippen molar-refractivity contribution in [3.8, 4) is 5.75 Å². The molecular weight excluding hydrogens is 432 g/mol. The molecule has 186 valence electrons. The summed E-state index contributed by atoms with van der Waals surface area (Å²) in [4.78, 5) is 38.7. The fourth-order valence-electron chi connectivity index (χ4n) is 3.39. The molecule has 0 fully saturated rings. The zero-order valence-electron chi connectivity index (χ0n) is 19.1. The summed E-state index contributed by atoms with van der Waals surface area (Å²) in [5.74, 6) is -2.68. The Morgan fingerprint density at radius 2 is 1.33 bits per heavy atom. The van der Waals surface area contributed by atoms with Crippen LogP contribution in [0.4, 0.5) is 0 Å². The Kier molecular flexibility index (Phi) is 13.7. The number of carboxylic acid groups (broad SMARTS) is 3. The van der Waals surface area contributed by atoms with Gasteiger partial charge in [0.15, 0.2) is 0 Å². The van der Waals surface area contributed by atoms with E-state index in [9.17, 15) is 24.6 Å². The molecule has 0 atom stereocenters. The minimum atomic E-state index is -0.980. The first-order chi connectivity index (χ1) is 15.7. The smallest absolute Gasteiger partial charge is 0.317 e. The molecule has 33 heavy (non-hydrogen) atoms. The molecular formula is C22H36N4O7. The lowest BCUT2D eigenvalue weighted by Gasteiger charge is -2.29. The Morgan fingerprint density at radius 3 is 1.85 bits per heavy atom. The van der Waals surface area contributed by atoms with Gasteiger partial charge in [-0.05, 0) is 19.0 Å². The molecule has 0 bridgehead atoms. The molecule has 11 heteroatoms. The minimum Gasteiger partial charge on any atom is -0.508 e. The number of nitrogens with zero attached hydrogens (tertiary/aromatic N) is 3. The van der Waals surface area contributed by atoms with Gasteiger partial charge in [0, 0.05) is 51.4 Å². The number of para-hydroxylation sites is 1. The first-order valence-corrected chi connectivity index (χ1v) is 11.0. The van der Waals surface area contributed by atoms with Crippen molar-refractivity contribution >= 4 is 17.9 Å². The van der Waals surface area contributed by atoms with Crippen LogP contribution in [-0.2, 0) is 20.9 Å². The second-order valence-electron chi connectivity index (χ2n) is 7.82. The summed E-state index contributed by atoms with van der Waals surface area (Å²) in [5.41, 5.74) is 0.727. The van der Waals surface area contributed by atoms with Crippen LogP contribution in [0.3, 0.4) is 0 Å². The molecule has 0 amide bonds. The second-order valence-corrected chi connectivity index (χ2v) is 7.82. The topological polar surface area (TPSA) is 154 Å². The van der Waals surface area contributed by atoms with Crippen LogP contribution in [0.15, 0.2) is 24.3 Å². The molecule has 0 aliphatic heterocycles. The van der Waals surface area contributed by atoms with Crippen molar-refractivity contribution in [3.63, 3.8) is 0 Å². The Labute approximate surface area is 194 Å². The number of benzene rings is 1. The van der Waals surface area contributed by atoms with Crippen LogP contribution >= 0.6 is 0 Å². The number of phenols is 1. The first-order valence-electron chi connectivity index (χ1n) is 11.0. The Balaban J connectivity index is 2.80. The highest BCUT2D eigenvalue weighted by Crippen LogP contribution is 2.17. The Bertz CT molecular complexity index is 747. The fraction of sp³-hybridized carbons (Fsp3) is 0.591. The number of carboxylic acids is 3. The molecule has 0 spiro atoms. The number of rotatable bonds is 19. The number of aliphatic carboxylic acids is 3. The van der Waals surface area contributed by atoms with Crippen LogP contribution < -0.4 is 5.32 Å². The molecule has 1 aromatic rings. The summed E-state index contributed by atoms with van der Waals surface area (Å²) >= 11 is 0. The average Bonchev–Trinajstić information content (AvgIpc) is 2.73. The largest absolute Gasteiger partial charge is 0.508 e. The summed E-state index contributed by atoms with van der Waals surface area (Å²) < 4.78 is 0. The standard InChI is InChI=1S/C22H36N4O7/c1-2-8-24(16-21(30)31)10-12-26(15-18-5-3-4-6-19(18)27)13-11-25(17-22(32)33)9-7-23-14-20(28)29/h3-6,23,27H,2,7-17H2,1H3,(H,28,29)(H,30,31)(H,32,33). The molecule has 0 aliphatic rings. The van der Waals surface area contributed by atoms with E-state index in [2.05, 4.69) is 10.2 Å². The molecule has 0 aromatic heterocycles. The maximum atomic E-state index is 11.3. The zero-order valence-corrected chi connectivity index (χ0v) is 19.1. The van der Waals surface area contributed by atoms with E-state index in [1.807, 2.05) is 24.0 Å². The van der Waals surface area contributed by atoms with Crippen LogP contribution in [0.2, 0.25) is 0 Å². The van der Waals surface area contributed by atoms with Crippen molar-refractivity contribution in [2.75, 3.05) is 65.4 Å². The first kappa shape index (κ1) is 28.3. The maximum Gasteiger partial charge on any atom is 0.317 e. The van der Waals surface area contributed by atoms with Crippen LogP contribution in [0, 0.1) is 0 Å². The second kappa shape index (κ2) is 16.0. The van der Waals surface area contributed by atoms with Gasteiger partial charge in [0.05, 0.1) is 19.6 Å². The monoisotopic (exact) mass is 468 g/mol. The number of aromatic hydroxyl groups is 1. The van der Waals surface area contributed by atoms with Gasteiger partial charge in [0.25, 0.3) is 0 Å². The van der Waals surface area contributed by atoms with Crippen molar-refractivity contribution in [2.45, 2.75) is 19.9 Å². The molecule has 0 unspecified atom stereocenters. The van der Waals surface area contributed by atoms with E-state index < -0.39 is 17.9 Å². The highest BCUT2D eigenvalue weighted by Gasteiger charge is 2.16. The Morgan fingerprint density at radius 1 is 0.788 bits per heavy atom. The van der Waals surface area contributed by atoms with Crippen molar-refractivity contribution in [1.29, 1.82) is 0 Å². The van der Waals surface area contributed by atoms with Crippen LogP contribution in [0.1, 0.15) is 18.9 Å². The van der Waals surface area contributed by atoms with Crippen molar-refractivity contribution in [1.82, 2.24) is 20.0 Å². The van der Waals surface area contributed by atoms with Gasteiger partial charge in [0.1, 0.15) is 5.75 Å². The van der Waals surface area contributed by atoms with Gasteiger partial charge in [-0.1, -0.05) is 25.1 Å². The predicted octanol–water partition coefficient (Wildman–Crippen LogP) is 0.0516. The van der Waals surface area contributed by atoms with E-state index in [0.29, 0.717) is 52.4 Å². The van der Waals surface area contributed by atoms with Gasteiger partial charge in [-0.25, -0.2) is 0 Å². The highest BCUT2D eigenvalue weighted by atomic mass is 16.4. The zero-order chi connectivity index (χ0) is 24.6. The van der Waals surface area contributed by atoms with Crippen LogP contribution in [0.25, 0.3) is 0 Å². The summed E-state index contributed by atoms with van der Waals surface area (Å²) in [6.07, 6.45) is 0.822. The lowest BCUT2D eigenvalue weighted by Crippen LogP contribution is -2.43. The van der Waals surface area contributed by atoms with Gasteiger partial charge >= 0.3 is 17.9 Å². The van der Waals surface area contributed by atoms with Crippen molar-refractivity contribution < 1.29 is 34.8 Å². The Hall–Kier alpha value is -2.73. The normalized spacial score (nSPS) is 11.4. The minimum absolute atomic E-state index is 0.0569. The molecule has 1 rings (SSSR count). The molecule has 0 saturated heterocycles. The van der Waals surface area contributed by atoms with Crippen LogP contribution in [-0.4, -0.2) is 118 Å². The number of hydrogen-bond acceptors (Lipinski definition) is 8. The van der Waals surface area contributed by atoms with E-state index in [4.69, 9.17) is 10.2 Å². The predicted molar refractivity (Wildman–Crippen MR) is 122 cm³/mol. The van der Waals surface area contributed by atoms with E-state index >= 15 is 0 Å². The number of phenolic OH excluding ortho intramolecular Hbond substituents is 1.